The van der Waals surface area contributed by atoms with E-state index in [0.717, 1.165) is 58.0 Å². The van der Waals surface area contributed by atoms with E-state index in [1.54, 1.807) is 0 Å². The second-order valence-corrected chi connectivity index (χ2v) is 6.08. The molecule has 1 fully saturated rings. The first-order valence-corrected chi connectivity index (χ1v) is 8.20. The number of hydrogen-bond acceptors (Lipinski definition) is 2. The van der Waals surface area contributed by atoms with E-state index in [-0.39, 0.29) is 0 Å². The van der Waals surface area contributed by atoms with Crippen LogP contribution in [0, 0.1) is 5.92 Å². The Hall–Kier alpha value is -0.570. The standard InChI is InChI=1S/C16H32N2O/c1-3-5-10-18(11-6-4-2)16(19)13-14-8-7-9-15(17)12-14/h14-15H,3-13,17H2,1-2H3. The summed E-state index contributed by atoms with van der Waals surface area (Å²) < 4.78 is 0. The number of carbonyl (C=O) groups excluding carboxylic acids is 1. The average Bonchev–Trinajstić information content (AvgIpc) is 2.38. The number of nitrogens with two attached hydrogens (primary N) is 1. The minimum atomic E-state index is 0.325. The molecule has 0 saturated heterocycles. The molecule has 0 radical (unpaired) electrons. The lowest BCUT2D eigenvalue weighted by Crippen LogP contribution is -2.36. The smallest absolute Gasteiger partial charge is 0.222 e. The molecule has 19 heavy (non-hydrogen) atoms. The Morgan fingerprint density at radius 1 is 1.16 bits per heavy atom. The number of carbonyl (C=O) groups is 1. The van der Waals surface area contributed by atoms with Gasteiger partial charge in [-0.3, -0.25) is 4.79 Å². The molecule has 0 aliphatic heterocycles. The summed E-state index contributed by atoms with van der Waals surface area (Å²) in [5.74, 6) is 0.892. The minimum absolute atomic E-state index is 0.325. The van der Waals surface area contributed by atoms with Gasteiger partial charge in [-0.15, -0.1) is 0 Å². The van der Waals surface area contributed by atoms with Crippen molar-refractivity contribution in [3.63, 3.8) is 0 Å². The molecule has 1 amide bonds. The van der Waals surface area contributed by atoms with Crippen molar-refractivity contribution in [2.24, 2.45) is 11.7 Å². The number of rotatable bonds is 8. The maximum absolute atomic E-state index is 12.4. The number of unbranched alkanes of at least 4 members (excludes halogenated alkanes) is 2. The van der Waals surface area contributed by atoms with Gasteiger partial charge in [0.15, 0.2) is 0 Å². The first kappa shape index (κ1) is 16.5. The normalized spacial score (nSPS) is 23.3. The van der Waals surface area contributed by atoms with Crippen LogP contribution in [0.4, 0.5) is 0 Å². The van der Waals surface area contributed by atoms with Crippen molar-refractivity contribution in [3.05, 3.63) is 0 Å². The van der Waals surface area contributed by atoms with Gasteiger partial charge in [0, 0.05) is 25.6 Å². The highest BCUT2D eigenvalue weighted by Crippen LogP contribution is 2.26. The molecule has 2 N–H and O–H groups in total. The molecular weight excluding hydrogens is 236 g/mol. The van der Waals surface area contributed by atoms with Crippen LogP contribution in [0.2, 0.25) is 0 Å². The van der Waals surface area contributed by atoms with Crippen LogP contribution >= 0.6 is 0 Å². The summed E-state index contributed by atoms with van der Waals surface area (Å²) >= 11 is 0. The summed E-state index contributed by atoms with van der Waals surface area (Å²) in [5.41, 5.74) is 6.01. The van der Waals surface area contributed by atoms with Crippen molar-refractivity contribution >= 4 is 5.91 Å². The lowest BCUT2D eigenvalue weighted by Gasteiger charge is -2.29. The topological polar surface area (TPSA) is 46.3 Å². The zero-order valence-electron chi connectivity index (χ0n) is 12.9. The van der Waals surface area contributed by atoms with E-state index in [2.05, 4.69) is 18.7 Å². The molecule has 1 saturated carbocycles. The largest absolute Gasteiger partial charge is 0.343 e. The molecular formula is C16H32N2O. The van der Waals surface area contributed by atoms with Crippen LogP contribution in [0.15, 0.2) is 0 Å². The van der Waals surface area contributed by atoms with E-state index in [9.17, 15) is 4.79 Å². The van der Waals surface area contributed by atoms with Crippen LogP contribution in [0.5, 0.6) is 0 Å². The maximum atomic E-state index is 12.4. The lowest BCUT2D eigenvalue weighted by molar-refractivity contribution is -0.132. The van der Waals surface area contributed by atoms with Gasteiger partial charge in [-0.1, -0.05) is 33.1 Å². The third-order valence-corrected chi connectivity index (χ3v) is 4.20. The molecule has 1 aliphatic carbocycles. The van der Waals surface area contributed by atoms with Gasteiger partial charge >= 0.3 is 0 Å². The first-order chi connectivity index (χ1) is 9.17. The summed E-state index contributed by atoms with van der Waals surface area (Å²) in [5, 5.41) is 0. The van der Waals surface area contributed by atoms with Crippen LogP contribution in [-0.2, 0) is 4.79 Å². The van der Waals surface area contributed by atoms with Crippen LogP contribution < -0.4 is 5.73 Å². The highest BCUT2D eigenvalue weighted by atomic mass is 16.2. The minimum Gasteiger partial charge on any atom is -0.343 e. The highest BCUT2D eigenvalue weighted by molar-refractivity contribution is 5.76. The van der Waals surface area contributed by atoms with E-state index in [1.165, 1.54) is 12.8 Å². The van der Waals surface area contributed by atoms with Crippen LogP contribution in [-0.4, -0.2) is 29.9 Å². The maximum Gasteiger partial charge on any atom is 0.222 e. The Bertz CT molecular complexity index is 247. The van der Waals surface area contributed by atoms with Crippen LogP contribution in [0.3, 0.4) is 0 Å². The van der Waals surface area contributed by atoms with E-state index in [0.29, 0.717) is 17.9 Å². The SMILES string of the molecule is CCCCN(CCCC)C(=O)CC1CCCC(N)C1. The molecule has 0 bridgehead atoms. The van der Waals surface area contributed by atoms with Crippen LogP contribution in [0.25, 0.3) is 0 Å². The molecule has 0 aromatic rings. The second kappa shape index (κ2) is 9.35. The molecule has 112 valence electrons. The molecule has 0 aromatic carbocycles. The molecule has 1 rings (SSSR count). The fraction of sp³-hybridized carbons (Fsp3) is 0.938. The predicted molar refractivity (Wildman–Crippen MR) is 80.9 cm³/mol. The Balaban J connectivity index is 2.40. The monoisotopic (exact) mass is 268 g/mol. The van der Waals surface area contributed by atoms with E-state index < -0.39 is 0 Å². The average molecular weight is 268 g/mol. The van der Waals surface area contributed by atoms with Gasteiger partial charge in [-0.2, -0.15) is 0 Å². The molecule has 3 heteroatoms. The summed E-state index contributed by atoms with van der Waals surface area (Å²) in [7, 11) is 0. The van der Waals surface area contributed by atoms with E-state index in [4.69, 9.17) is 5.73 Å². The number of nitrogens with zero attached hydrogens (tertiary/aromatic N) is 1. The zero-order valence-corrected chi connectivity index (χ0v) is 12.9. The van der Waals surface area contributed by atoms with Crippen molar-refractivity contribution in [1.82, 2.24) is 4.90 Å². The van der Waals surface area contributed by atoms with E-state index in [1.807, 2.05) is 0 Å². The zero-order chi connectivity index (χ0) is 14.1. The Morgan fingerprint density at radius 2 is 1.79 bits per heavy atom. The summed E-state index contributed by atoms with van der Waals surface area (Å²) in [4.78, 5) is 14.5. The number of amides is 1. The fourth-order valence-corrected chi connectivity index (χ4v) is 2.95. The van der Waals surface area contributed by atoms with Gasteiger partial charge in [-0.25, -0.2) is 0 Å². The summed E-state index contributed by atoms with van der Waals surface area (Å²) in [6, 6.07) is 0.325. The van der Waals surface area contributed by atoms with Gasteiger partial charge in [0.1, 0.15) is 0 Å². The Morgan fingerprint density at radius 3 is 2.32 bits per heavy atom. The third-order valence-electron chi connectivity index (χ3n) is 4.20. The molecule has 2 atom stereocenters. The van der Waals surface area contributed by atoms with Gasteiger partial charge < -0.3 is 10.6 Å². The number of hydrogen-bond donors (Lipinski definition) is 1. The fourth-order valence-electron chi connectivity index (χ4n) is 2.95. The molecule has 0 aromatic heterocycles. The van der Waals surface area contributed by atoms with Crippen molar-refractivity contribution < 1.29 is 4.79 Å². The second-order valence-electron chi connectivity index (χ2n) is 6.08. The molecule has 3 nitrogen and oxygen atoms in total. The quantitative estimate of drug-likeness (QED) is 0.734. The van der Waals surface area contributed by atoms with Crippen molar-refractivity contribution in [2.75, 3.05) is 13.1 Å². The molecule has 0 spiro atoms. The van der Waals surface area contributed by atoms with Gasteiger partial charge in [0.25, 0.3) is 0 Å². The molecule has 2 unspecified atom stereocenters. The molecule has 0 heterocycles. The lowest BCUT2D eigenvalue weighted by atomic mass is 9.84. The highest BCUT2D eigenvalue weighted by Gasteiger charge is 2.23. The van der Waals surface area contributed by atoms with Crippen LogP contribution in [0.1, 0.15) is 71.6 Å². The van der Waals surface area contributed by atoms with Crippen molar-refractivity contribution in [3.8, 4) is 0 Å². The van der Waals surface area contributed by atoms with E-state index >= 15 is 0 Å². The van der Waals surface area contributed by atoms with Crippen molar-refractivity contribution in [1.29, 1.82) is 0 Å². The Labute approximate surface area is 118 Å². The molecule has 1 aliphatic rings. The summed E-state index contributed by atoms with van der Waals surface area (Å²) in [6.07, 6.45) is 9.86. The first-order valence-electron chi connectivity index (χ1n) is 8.20. The predicted octanol–water partition coefficient (Wildman–Crippen LogP) is 3.32. The third kappa shape index (κ3) is 6.42. The summed E-state index contributed by atoms with van der Waals surface area (Å²) in [6.45, 7) is 6.24. The van der Waals surface area contributed by atoms with Gasteiger partial charge in [-0.05, 0) is 38.0 Å². The van der Waals surface area contributed by atoms with Gasteiger partial charge in [0.2, 0.25) is 5.91 Å². The van der Waals surface area contributed by atoms with Gasteiger partial charge in [0.05, 0.1) is 0 Å². The Kier molecular flexibility index (Phi) is 8.11. The van der Waals surface area contributed by atoms with Crippen molar-refractivity contribution in [2.45, 2.75) is 77.7 Å².